The number of rotatable bonds is 8. The molecule has 1 rings (SSSR count). The van der Waals surface area contributed by atoms with Crippen molar-refractivity contribution in [2.45, 2.75) is 40.5 Å². The van der Waals surface area contributed by atoms with E-state index in [0.717, 1.165) is 18.4 Å². The number of allylic oxidation sites excluding steroid dienone is 4. The summed E-state index contributed by atoms with van der Waals surface area (Å²) in [6.45, 7) is 8.12. The number of hydrogen-bond donors (Lipinski definition) is 1. The first kappa shape index (κ1) is 18.7. The van der Waals surface area contributed by atoms with Crippen molar-refractivity contribution in [3.05, 3.63) is 53.1 Å². The molecule has 0 saturated carbocycles. The van der Waals surface area contributed by atoms with Gasteiger partial charge in [0.1, 0.15) is 5.75 Å². The zero-order valence-corrected chi connectivity index (χ0v) is 14.4. The van der Waals surface area contributed by atoms with E-state index in [9.17, 15) is 4.79 Å². The van der Waals surface area contributed by atoms with Crippen LogP contribution in [-0.2, 0) is 4.79 Å². The Balaban J connectivity index is 2.30. The maximum Gasteiger partial charge on any atom is 0.277 e. The maximum absolute atomic E-state index is 11.6. The molecule has 0 spiro atoms. The first-order valence-electron chi connectivity index (χ1n) is 7.78. The molecule has 0 bridgehead atoms. The highest BCUT2D eigenvalue weighted by Crippen LogP contribution is 2.15. The summed E-state index contributed by atoms with van der Waals surface area (Å²) in [6.07, 6.45) is 7.72. The van der Waals surface area contributed by atoms with E-state index in [0.29, 0.717) is 5.75 Å². The van der Waals surface area contributed by atoms with E-state index in [1.807, 2.05) is 44.2 Å². The lowest BCUT2D eigenvalue weighted by molar-refractivity contribution is -0.123. The topological polar surface area (TPSA) is 50.7 Å². The number of nitrogens with one attached hydrogen (secondary N) is 1. The Hall–Kier alpha value is -2.36. The van der Waals surface area contributed by atoms with E-state index in [1.165, 1.54) is 11.1 Å². The molecule has 0 atom stereocenters. The van der Waals surface area contributed by atoms with Gasteiger partial charge in [-0.05, 0) is 58.2 Å². The van der Waals surface area contributed by atoms with Gasteiger partial charge in [-0.3, -0.25) is 4.79 Å². The highest BCUT2D eigenvalue weighted by molar-refractivity contribution is 5.79. The van der Waals surface area contributed by atoms with Crippen molar-refractivity contribution in [3.63, 3.8) is 0 Å². The fourth-order valence-electron chi connectivity index (χ4n) is 1.84. The van der Waals surface area contributed by atoms with Crippen molar-refractivity contribution in [1.29, 1.82) is 0 Å². The van der Waals surface area contributed by atoms with Crippen molar-refractivity contribution in [3.8, 4) is 5.75 Å². The van der Waals surface area contributed by atoms with E-state index in [4.69, 9.17) is 4.74 Å². The highest BCUT2D eigenvalue weighted by atomic mass is 16.5. The quantitative estimate of drug-likeness (QED) is 0.445. The molecule has 0 saturated heterocycles. The molecule has 124 valence electrons. The van der Waals surface area contributed by atoms with Crippen LogP contribution in [0.5, 0.6) is 5.75 Å². The first-order chi connectivity index (χ1) is 11.0. The second-order valence-corrected chi connectivity index (χ2v) is 5.70. The summed E-state index contributed by atoms with van der Waals surface area (Å²) in [6, 6.07) is 7.58. The van der Waals surface area contributed by atoms with Crippen molar-refractivity contribution >= 4 is 12.1 Å². The minimum atomic E-state index is -0.278. The van der Waals surface area contributed by atoms with Gasteiger partial charge in [0.15, 0.2) is 6.61 Å². The standard InChI is InChI=1S/C19H26N2O2/c1-15(2)8-7-9-16(3)12-13-20-21-19(22)14-23-18-11-6-5-10-17(18)4/h5-6,8,10-13H,7,9,14H2,1-4H3,(H,21,22)/b16-12+,20-13+. The average molecular weight is 314 g/mol. The number of nitrogens with zero attached hydrogens (tertiary/aromatic N) is 1. The van der Waals surface area contributed by atoms with Crippen LogP contribution in [0.3, 0.4) is 0 Å². The molecular weight excluding hydrogens is 288 g/mol. The Morgan fingerprint density at radius 3 is 2.70 bits per heavy atom. The summed E-state index contributed by atoms with van der Waals surface area (Å²) >= 11 is 0. The van der Waals surface area contributed by atoms with Crippen molar-refractivity contribution in [2.24, 2.45) is 5.10 Å². The van der Waals surface area contributed by atoms with Crippen molar-refractivity contribution in [1.82, 2.24) is 5.43 Å². The highest BCUT2D eigenvalue weighted by Gasteiger charge is 2.02. The molecule has 0 radical (unpaired) electrons. The summed E-state index contributed by atoms with van der Waals surface area (Å²) in [4.78, 5) is 11.6. The van der Waals surface area contributed by atoms with Crippen LogP contribution >= 0.6 is 0 Å². The molecule has 1 aromatic rings. The maximum atomic E-state index is 11.6. The van der Waals surface area contributed by atoms with Crippen LogP contribution < -0.4 is 10.2 Å². The number of carbonyl (C=O) groups is 1. The molecule has 0 aliphatic rings. The van der Waals surface area contributed by atoms with Gasteiger partial charge in [0.25, 0.3) is 5.91 Å². The van der Waals surface area contributed by atoms with Crippen LogP contribution in [-0.4, -0.2) is 18.7 Å². The molecule has 4 heteroatoms. The van der Waals surface area contributed by atoms with E-state index in [1.54, 1.807) is 6.21 Å². The van der Waals surface area contributed by atoms with Gasteiger partial charge in [-0.2, -0.15) is 5.10 Å². The number of ether oxygens (including phenoxy) is 1. The predicted molar refractivity (Wildman–Crippen MR) is 95.7 cm³/mol. The average Bonchev–Trinajstić information content (AvgIpc) is 2.50. The number of aryl methyl sites for hydroxylation is 1. The lowest BCUT2D eigenvalue weighted by Gasteiger charge is -2.07. The Kier molecular flexibility index (Phi) is 8.43. The third kappa shape index (κ3) is 8.61. The second kappa shape index (κ2) is 10.4. The smallest absolute Gasteiger partial charge is 0.277 e. The number of hydrazone groups is 1. The predicted octanol–water partition coefficient (Wildman–Crippen LogP) is 4.17. The molecule has 23 heavy (non-hydrogen) atoms. The Labute approximate surface area is 138 Å². The van der Waals surface area contributed by atoms with E-state index >= 15 is 0 Å². The van der Waals surface area contributed by atoms with E-state index in [-0.39, 0.29) is 12.5 Å². The van der Waals surface area contributed by atoms with E-state index in [2.05, 4.69) is 30.5 Å². The Morgan fingerprint density at radius 1 is 1.26 bits per heavy atom. The summed E-state index contributed by atoms with van der Waals surface area (Å²) in [5.41, 5.74) is 6.00. The van der Waals surface area contributed by atoms with Crippen LogP contribution in [0.2, 0.25) is 0 Å². The van der Waals surface area contributed by atoms with Crippen molar-refractivity contribution < 1.29 is 9.53 Å². The minimum absolute atomic E-state index is 0.0501. The van der Waals surface area contributed by atoms with Gasteiger partial charge < -0.3 is 4.74 Å². The molecule has 1 amide bonds. The molecule has 0 aliphatic carbocycles. The fraction of sp³-hybridized carbons (Fsp3) is 0.368. The normalized spacial score (nSPS) is 11.4. The molecule has 4 nitrogen and oxygen atoms in total. The summed E-state index contributed by atoms with van der Waals surface area (Å²) in [5, 5.41) is 3.89. The first-order valence-corrected chi connectivity index (χ1v) is 7.78. The van der Waals surface area contributed by atoms with Crippen LogP contribution in [0, 0.1) is 6.92 Å². The molecule has 0 unspecified atom stereocenters. The van der Waals surface area contributed by atoms with Crippen molar-refractivity contribution in [2.75, 3.05) is 6.61 Å². The molecule has 0 aliphatic heterocycles. The zero-order chi connectivity index (χ0) is 17.1. The molecule has 1 aromatic carbocycles. The van der Waals surface area contributed by atoms with Gasteiger partial charge in [0.2, 0.25) is 0 Å². The fourth-order valence-corrected chi connectivity index (χ4v) is 1.84. The molecule has 0 heterocycles. The van der Waals surface area contributed by atoms with Crippen LogP contribution in [0.15, 0.2) is 52.7 Å². The molecule has 1 N–H and O–H groups in total. The van der Waals surface area contributed by atoms with Crippen LogP contribution in [0.4, 0.5) is 0 Å². The Bertz CT molecular complexity index is 597. The largest absolute Gasteiger partial charge is 0.483 e. The SMILES string of the molecule is CC(C)=CCC/C(C)=C/C=N/NC(=O)COc1ccccc1C. The molecule has 0 fully saturated rings. The third-order valence-electron chi connectivity index (χ3n) is 3.17. The van der Waals surface area contributed by atoms with Gasteiger partial charge >= 0.3 is 0 Å². The number of hydrogen-bond acceptors (Lipinski definition) is 3. The van der Waals surface area contributed by atoms with Crippen LogP contribution in [0.1, 0.15) is 39.2 Å². The Morgan fingerprint density at radius 2 is 2.00 bits per heavy atom. The van der Waals surface area contributed by atoms with Gasteiger partial charge in [-0.25, -0.2) is 5.43 Å². The summed E-state index contributed by atoms with van der Waals surface area (Å²) in [7, 11) is 0. The minimum Gasteiger partial charge on any atom is -0.483 e. The number of amides is 1. The molecule has 0 aromatic heterocycles. The zero-order valence-electron chi connectivity index (χ0n) is 14.4. The number of para-hydroxylation sites is 1. The summed E-state index contributed by atoms with van der Waals surface area (Å²) < 4.78 is 5.44. The second-order valence-electron chi connectivity index (χ2n) is 5.70. The van der Waals surface area contributed by atoms with Gasteiger partial charge in [-0.15, -0.1) is 0 Å². The number of carbonyl (C=O) groups excluding carboxylic acids is 1. The molecular formula is C19H26N2O2. The van der Waals surface area contributed by atoms with Gasteiger partial charge in [0.05, 0.1) is 0 Å². The third-order valence-corrected chi connectivity index (χ3v) is 3.17. The lowest BCUT2D eigenvalue weighted by atomic mass is 10.1. The lowest BCUT2D eigenvalue weighted by Crippen LogP contribution is -2.24. The van der Waals surface area contributed by atoms with Crippen LogP contribution in [0.25, 0.3) is 0 Å². The summed E-state index contributed by atoms with van der Waals surface area (Å²) in [5.74, 6) is 0.432. The van der Waals surface area contributed by atoms with Gasteiger partial charge in [-0.1, -0.05) is 35.4 Å². The van der Waals surface area contributed by atoms with E-state index < -0.39 is 0 Å². The monoisotopic (exact) mass is 314 g/mol. The van der Waals surface area contributed by atoms with Gasteiger partial charge in [0, 0.05) is 6.21 Å². The number of benzene rings is 1.